The Balaban J connectivity index is 2.35. The smallest absolute Gasteiger partial charge is 0.317 e. The lowest BCUT2D eigenvalue weighted by Gasteiger charge is -2.21. The molecule has 3 amide bonds. The average Bonchev–Trinajstić information content (AvgIpc) is 2.16. The molecular formula is C8H12F3N3O2. The normalized spacial score (nSPS) is 17.9. The molecule has 0 aromatic rings. The Morgan fingerprint density at radius 2 is 1.75 bits per heavy atom. The molecule has 0 spiro atoms. The van der Waals surface area contributed by atoms with Crippen molar-refractivity contribution in [1.29, 1.82) is 0 Å². The first kappa shape index (κ1) is 12.8. The molecule has 92 valence electrons. The van der Waals surface area contributed by atoms with Gasteiger partial charge in [-0.3, -0.25) is 10.1 Å². The fraction of sp³-hybridized carbons (Fsp3) is 0.750. The van der Waals surface area contributed by atoms with Gasteiger partial charge < -0.3 is 5.32 Å². The molecule has 16 heavy (non-hydrogen) atoms. The van der Waals surface area contributed by atoms with Gasteiger partial charge in [-0.05, 0) is 25.9 Å². The molecule has 0 aliphatic carbocycles. The molecule has 1 rings (SSSR count). The SMILES string of the molecule is O=C(NC(=O)C1CCNCC1)NC(F)(F)F. The van der Waals surface area contributed by atoms with E-state index >= 15 is 0 Å². The van der Waals surface area contributed by atoms with Gasteiger partial charge in [-0.1, -0.05) is 0 Å². The predicted molar refractivity (Wildman–Crippen MR) is 48.3 cm³/mol. The van der Waals surface area contributed by atoms with Crippen molar-refractivity contribution in [3.05, 3.63) is 0 Å². The van der Waals surface area contributed by atoms with E-state index in [1.165, 1.54) is 0 Å². The zero-order valence-corrected chi connectivity index (χ0v) is 8.36. The molecule has 1 heterocycles. The number of rotatable bonds is 1. The summed E-state index contributed by atoms with van der Waals surface area (Å²) in [4.78, 5) is 22.1. The van der Waals surface area contributed by atoms with Crippen LogP contribution in [0.25, 0.3) is 0 Å². The van der Waals surface area contributed by atoms with Crippen LogP contribution in [0.5, 0.6) is 0 Å². The van der Waals surface area contributed by atoms with E-state index in [2.05, 4.69) is 5.32 Å². The number of urea groups is 1. The summed E-state index contributed by atoms with van der Waals surface area (Å²) in [5.74, 6) is -1.07. The van der Waals surface area contributed by atoms with Crippen molar-refractivity contribution >= 4 is 11.9 Å². The van der Waals surface area contributed by atoms with Crippen LogP contribution in [-0.4, -0.2) is 31.3 Å². The first-order valence-electron chi connectivity index (χ1n) is 4.79. The molecule has 1 saturated heterocycles. The molecule has 0 aromatic carbocycles. The minimum Gasteiger partial charge on any atom is -0.317 e. The summed E-state index contributed by atoms with van der Waals surface area (Å²) in [5, 5.41) is 5.37. The lowest BCUT2D eigenvalue weighted by Crippen LogP contribution is -2.49. The van der Waals surface area contributed by atoms with Crippen LogP contribution in [0, 0.1) is 5.92 Å². The molecule has 0 saturated carbocycles. The Bertz CT molecular complexity index is 274. The molecule has 0 bridgehead atoms. The number of imide groups is 1. The second-order valence-corrected chi connectivity index (χ2v) is 3.47. The first-order chi connectivity index (χ1) is 7.38. The highest BCUT2D eigenvalue weighted by Gasteiger charge is 2.31. The number of hydrogen-bond acceptors (Lipinski definition) is 3. The van der Waals surface area contributed by atoms with Crippen LogP contribution < -0.4 is 16.0 Å². The molecule has 0 unspecified atom stereocenters. The van der Waals surface area contributed by atoms with Gasteiger partial charge in [0, 0.05) is 5.92 Å². The quantitative estimate of drug-likeness (QED) is 0.577. The number of hydrogen-bond donors (Lipinski definition) is 3. The molecule has 3 N–H and O–H groups in total. The lowest BCUT2D eigenvalue weighted by atomic mass is 9.97. The fourth-order valence-electron chi connectivity index (χ4n) is 1.46. The third-order valence-corrected chi connectivity index (χ3v) is 2.20. The third kappa shape index (κ3) is 4.47. The molecular weight excluding hydrogens is 227 g/mol. The van der Waals surface area contributed by atoms with Gasteiger partial charge in [-0.25, -0.2) is 10.1 Å². The standard InChI is InChI=1S/C8H12F3N3O2/c9-8(10,11)14-7(16)13-6(15)5-1-3-12-4-2-5/h5,12H,1-4H2,(H2,13,14,15,16). The van der Waals surface area contributed by atoms with Crippen LogP contribution >= 0.6 is 0 Å². The van der Waals surface area contributed by atoms with E-state index in [0.717, 1.165) is 0 Å². The maximum absolute atomic E-state index is 11.7. The molecule has 1 aliphatic rings. The zero-order chi connectivity index (χ0) is 12.2. The maximum Gasteiger partial charge on any atom is 0.485 e. The Hall–Kier alpha value is -1.31. The van der Waals surface area contributed by atoms with Gasteiger partial charge in [0.2, 0.25) is 5.91 Å². The van der Waals surface area contributed by atoms with Gasteiger partial charge in [-0.15, -0.1) is 0 Å². The van der Waals surface area contributed by atoms with E-state index in [4.69, 9.17) is 0 Å². The molecule has 1 fully saturated rings. The number of carbonyl (C=O) groups is 2. The van der Waals surface area contributed by atoms with Crippen LogP contribution in [0.2, 0.25) is 0 Å². The topological polar surface area (TPSA) is 70.2 Å². The molecule has 0 aromatic heterocycles. The van der Waals surface area contributed by atoms with E-state index in [-0.39, 0.29) is 0 Å². The van der Waals surface area contributed by atoms with Crippen molar-refractivity contribution < 1.29 is 22.8 Å². The summed E-state index contributed by atoms with van der Waals surface area (Å²) in [6, 6.07) is -1.53. The van der Waals surface area contributed by atoms with Crippen molar-refractivity contribution in [1.82, 2.24) is 16.0 Å². The number of amides is 3. The average molecular weight is 239 g/mol. The summed E-state index contributed by atoms with van der Waals surface area (Å²) < 4.78 is 35.1. The van der Waals surface area contributed by atoms with Crippen molar-refractivity contribution in [2.45, 2.75) is 19.1 Å². The van der Waals surface area contributed by atoms with Gasteiger partial charge in [0.25, 0.3) is 0 Å². The van der Waals surface area contributed by atoms with Crippen molar-refractivity contribution in [3.63, 3.8) is 0 Å². The van der Waals surface area contributed by atoms with Gasteiger partial charge in [0.1, 0.15) is 0 Å². The third-order valence-electron chi connectivity index (χ3n) is 2.20. The van der Waals surface area contributed by atoms with Gasteiger partial charge in [0.05, 0.1) is 0 Å². The Morgan fingerprint density at radius 3 is 2.25 bits per heavy atom. The minimum atomic E-state index is -4.82. The largest absolute Gasteiger partial charge is 0.485 e. The van der Waals surface area contributed by atoms with E-state index < -0.39 is 24.2 Å². The Labute approximate surface area is 89.8 Å². The van der Waals surface area contributed by atoms with Crippen LogP contribution in [0.4, 0.5) is 18.0 Å². The summed E-state index contributed by atoms with van der Waals surface area (Å²) in [7, 11) is 0. The Morgan fingerprint density at radius 1 is 1.19 bits per heavy atom. The highest BCUT2D eigenvalue weighted by atomic mass is 19.4. The monoisotopic (exact) mass is 239 g/mol. The zero-order valence-electron chi connectivity index (χ0n) is 8.36. The first-order valence-corrected chi connectivity index (χ1v) is 4.79. The summed E-state index contributed by atoms with van der Waals surface area (Å²) in [6.07, 6.45) is -3.78. The van der Waals surface area contributed by atoms with E-state index in [1.54, 1.807) is 5.32 Å². The van der Waals surface area contributed by atoms with Crippen LogP contribution in [-0.2, 0) is 4.79 Å². The molecule has 1 aliphatic heterocycles. The highest BCUT2D eigenvalue weighted by Crippen LogP contribution is 2.12. The lowest BCUT2D eigenvalue weighted by molar-refractivity contribution is -0.146. The predicted octanol–water partition coefficient (Wildman–Crippen LogP) is 0.332. The molecule has 5 nitrogen and oxygen atoms in total. The second kappa shape index (κ2) is 5.15. The summed E-state index contributed by atoms with van der Waals surface area (Å²) in [5.41, 5.74) is 0. The number of carbonyl (C=O) groups excluding carboxylic acids is 2. The van der Waals surface area contributed by atoms with Crippen LogP contribution in [0.1, 0.15) is 12.8 Å². The van der Waals surface area contributed by atoms with Gasteiger partial charge in [-0.2, -0.15) is 13.2 Å². The van der Waals surface area contributed by atoms with Gasteiger partial charge in [0.15, 0.2) is 0 Å². The minimum absolute atomic E-state index is 0.403. The number of piperidine rings is 1. The summed E-state index contributed by atoms with van der Waals surface area (Å²) >= 11 is 0. The van der Waals surface area contributed by atoms with Crippen molar-refractivity contribution in [2.75, 3.05) is 13.1 Å². The fourth-order valence-corrected chi connectivity index (χ4v) is 1.46. The number of halogens is 3. The molecule has 0 radical (unpaired) electrons. The second-order valence-electron chi connectivity index (χ2n) is 3.47. The van der Waals surface area contributed by atoms with Crippen molar-refractivity contribution in [3.8, 4) is 0 Å². The Kier molecular flexibility index (Phi) is 4.11. The van der Waals surface area contributed by atoms with Crippen LogP contribution in [0.15, 0.2) is 0 Å². The number of alkyl halides is 3. The highest BCUT2D eigenvalue weighted by molar-refractivity contribution is 5.95. The van der Waals surface area contributed by atoms with E-state index in [9.17, 15) is 22.8 Å². The van der Waals surface area contributed by atoms with E-state index in [0.29, 0.717) is 31.2 Å². The number of nitrogens with one attached hydrogen (secondary N) is 3. The van der Waals surface area contributed by atoms with Crippen LogP contribution in [0.3, 0.4) is 0 Å². The molecule has 0 atom stereocenters. The summed E-state index contributed by atoms with van der Waals surface area (Å²) in [6.45, 7) is 1.25. The van der Waals surface area contributed by atoms with Gasteiger partial charge >= 0.3 is 12.3 Å². The molecule has 8 heteroatoms. The maximum atomic E-state index is 11.7. The van der Waals surface area contributed by atoms with Crippen molar-refractivity contribution in [2.24, 2.45) is 5.92 Å². The van der Waals surface area contributed by atoms with E-state index in [1.807, 2.05) is 0 Å².